The number of aliphatic hydroxyl groups is 1. The van der Waals surface area contributed by atoms with E-state index >= 15 is 0 Å². The SMILES string of the molecule is COc1ccc(Cn2cc(CO)nc2SCC(=O)Nc2cccc(C(F)(F)F)c2)cc1. The molecular formula is C21H20F3N3O3S. The largest absolute Gasteiger partial charge is 0.497 e. The molecule has 3 aromatic rings. The topological polar surface area (TPSA) is 76.4 Å². The fraction of sp³-hybridized carbons (Fsp3) is 0.238. The van der Waals surface area contributed by atoms with E-state index in [0.717, 1.165) is 35.2 Å². The molecule has 1 heterocycles. The van der Waals surface area contributed by atoms with Crippen LogP contribution in [0.4, 0.5) is 18.9 Å². The summed E-state index contributed by atoms with van der Waals surface area (Å²) in [7, 11) is 1.58. The molecule has 1 aromatic heterocycles. The first-order valence-corrected chi connectivity index (χ1v) is 10.2. The normalized spacial score (nSPS) is 11.4. The smallest absolute Gasteiger partial charge is 0.416 e. The molecule has 1 amide bonds. The van der Waals surface area contributed by atoms with E-state index in [9.17, 15) is 23.1 Å². The van der Waals surface area contributed by atoms with E-state index in [1.807, 2.05) is 24.3 Å². The number of hydrogen-bond acceptors (Lipinski definition) is 5. The molecule has 0 aliphatic heterocycles. The molecule has 2 N–H and O–H groups in total. The Labute approximate surface area is 181 Å². The molecule has 0 aliphatic carbocycles. The van der Waals surface area contributed by atoms with Gasteiger partial charge in [-0.3, -0.25) is 4.79 Å². The Balaban J connectivity index is 1.65. The van der Waals surface area contributed by atoms with Crippen LogP contribution in [0.3, 0.4) is 0 Å². The highest BCUT2D eigenvalue weighted by Gasteiger charge is 2.30. The van der Waals surface area contributed by atoms with Crippen LogP contribution in [0, 0.1) is 0 Å². The molecule has 31 heavy (non-hydrogen) atoms. The van der Waals surface area contributed by atoms with Crippen molar-refractivity contribution >= 4 is 23.4 Å². The number of thioether (sulfide) groups is 1. The van der Waals surface area contributed by atoms with Crippen LogP contribution in [0.2, 0.25) is 0 Å². The molecule has 0 saturated heterocycles. The van der Waals surface area contributed by atoms with Crippen molar-refractivity contribution in [2.75, 3.05) is 18.2 Å². The van der Waals surface area contributed by atoms with Gasteiger partial charge in [-0.1, -0.05) is 30.0 Å². The molecular weight excluding hydrogens is 431 g/mol. The fourth-order valence-electron chi connectivity index (χ4n) is 2.78. The van der Waals surface area contributed by atoms with Gasteiger partial charge in [-0.2, -0.15) is 13.2 Å². The molecule has 2 aromatic carbocycles. The standard InChI is InChI=1S/C21H20F3N3O3S/c1-30-18-7-5-14(6-8-18)10-27-11-17(12-28)26-20(27)31-13-19(29)25-16-4-2-3-15(9-16)21(22,23)24/h2-9,11,28H,10,12-13H2,1H3,(H,25,29). The number of anilines is 1. The van der Waals surface area contributed by atoms with Crippen molar-refractivity contribution < 1.29 is 27.8 Å². The van der Waals surface area contributed by atoms with Crippen LogP contribution in [-0.4, -0.2) is 33.4 Å². The van der Waals surface area contributed by atoms with Crippen molar-refractivity contribution in [3.8, 4) is 5.75 Å². The van der Waals surface area contributed by atoms with E-state index in [1.54, 1.807) is 17.9 Å². The van der Waals surface area contributed by atoms with Gasteiger partial charge < -0.3 is 19.7 Å². The van der Waals surface area contributed by atoms with E-state index in [2.05, 4.69) is 10.3 Å². The molecule has 0 unspecified atom stereocenters. The number of ether oxygens (including phenoxy) is 1. The lowest BCUT2D eigenvalue weighted by Crippen LogP contribution is -2.15. The minimum Gasteiger partial charge on any atom is -0.497 e. The van der Waals surface area contributed by atoms with E-state index < -0.39 is 17.6 Å². The number of amides is 1. The van der Waals surface area contributed by atoms with E-state index in [-0.39, 0.29) is 18.0 Å². The average molecular weight is 451 g/mol. The monoisotopic (exact) mass is 451 g/mol. The third kappa shape index (κ3) is 6.25. The van der Waals surface area contributed by atoms with Gasteiger partial charge in [0.1, 0.15) is 5.75 Å². The summed E-state index contributed by atoms with van der Waals surface area (Å²) >= 11 is 1.13. The Hall–Kier alpha value is -2.98. The van der Waals surface area contributed by atoms with Crippen molar-refractivity contribution in [2.45, 2.75) is 24.5 Å². The van der Waals surface area contributed by atoms with Crippen LogP contribution in [-0.2, 0) is 24.1 Å². The number of imidazole rings is 1. The van der Waals surface area contributed by atoms with Gasteiger partial charge in [0.2, 0.25) is 5.91 Å². The number of methoxy groups -OCH3 is 1. The minimum atomic E-state index is -4.48. The van der Waals surface area contributed by atoms with Crippen LogP contribution >= 0.6 is 11.8 Å². The van der Waals surface area contributed by atoms with Gasteiger partial charge in [0.05, 0.1) is 30.7 Å². The molecule has 0 fully saturated rings. The lowest BCUT2D eigenvalue weighted by Gasteiger charge is -2.10. The Bertz CT molecular complexity index is 1040. The molecule has 0 saturated carbocycles. The summed E-state index contributed by atoms with van der Waals surface area (Å²) in [5.41, 5.74) is 0.658. The molecule has 0 atom stereocenters. The zero-order valence-electron chi connectivity index (χ0n) is 16.5. The van der Waals surface area contributed by atoms with Crippen molar-refractivity contribution in [3.63, 3.8) is 0 Å². The summed E-state index contributed by atoms with van der Waals surface area (Å²) in [4.78, 5) is 16.6. The lowest BCUT2D eigenvalue weighted by atomic mass is 10.2. The highest BCUT2D eigenvalue weighted by atomic mass is 32.2. The molecule has 164 valence electrons. The van der Waals surface area contributed by atoms with E-state index in [4.69, 9.17) is 4.74 Å². The molecule has 3 rings (SSSR count). The van der Waals surface area contributed by atoms with Crippen LogP contribution in [0.25, 0.3) is 0 Å². The van der Waals surface area contributed by atoms with Gasteiger partial charge in [0.15, 0.2) is 5.16 Å². The Morgan fingerprint density at radius 1 is 1.23 bits per heavy atom. The molecule has 0 radical (unpaired) electrons. The van der Waals surface area contributed by atoms with Gasteiger partial charge >= 0.3 is 6.18 Å². The van der Waals surface area contributed by atoms with Crippen LogP contribution in [0.1, 0.15) is 16.8 Å². The van der Waals surface area contributed by atoms with Crippen molar-refractivity contribution in [1.82, 2.24) is 9.55 Å². The highest BCUT2D eigenvalue weighted by molar-refractivity contribution is 7.99. The average Bonchev–Trinajstić information content (AvgIpc) is 3.14. The summed E-state index contributed by atoms with van der Waals surface area (Å²) in [6, 6.07) is 11.9. The minimum absolute atomic E-state index is 0.0548. The number of aromatic nitrogens is 2. The zero-order chi connectivity index (χ0) is 22.4. The zero-order valence-corrected chi connectivity index (χ0v) is 17.3. The van der Waals surface area contributed by atoms with Crippen LogP contribution < -0.4 is 10.1 Å². The number of nitrogens with zero attached hydrogens (tertiary/aromatic N) is 2. The first-order chi connectivity index (χ1) is 14.8. The summed E-state index contributed by atoms with van der Waals surface area (Å²) in [5.74, 6) is 0.209. The molecule has 0 spiro atoms. The summed E-state index contributed by atoms with van der Waals surface area (Å²) in [5, 5.41) is 12.4. The van der Waals surface area contributed by atoms with Gasteiger partial charge in [-0.15, -0.1) is 0 Å². The third-order valence-corrected chi connectivity index (χ3v) is 5.26. The number of carbonyl (C=O) groups excluding carboxylic acids is 1. The Kier molecular flexibility index (Phi) is 7.24. The maximum absolute atomic E-state index is 12.8. The Morgan fingerprint density at radius 3 is 2.61 bits per heavy atom. The Morgan fingerprint density at radius 2 is 1.97 bits per heavy atom. The number of hydrogen-bond donors (Lipinski definition) is 2. The first kappa shape index (κ1) is 22.7. The third-order valence-electron chi connectivity index (χ3n) is 4.27. The number of aliphatic hydroxyl groups excluding tert-OH is 1. The van der Waals surface area contributed by atoms with Gasteiger partial charge in [0.25, 0.3) is 0 Å². The van der Waals surface area contributed by atoms with E-state index in [0.29, 0.717) is 17.4 Å². The lowest BCUT2D eigenvalue weighted by molar-refractivity contribution is -0.137. The van der Waals surface area contributed by atoms with Gasteiger partial charge in [0, 0.05) is 18.4 Å². The molecule has 0 aliphatic rings. The molecule has 6 nitrogen and oxygen atoms in total. The predicted molar refractivity (Wildman–Crippen MR) is 111 cm³/mol. The second-order valence-corrected chi connectivity index (χ2v) is 7.51. The highest BCUT2D eigenvalue weighted by Crippen LogP contribution is 2.30. The number of halogens is 3. The summed E-state index contributed by atoms with van der Waals surface area (Å²) < 4.78 is 45.4. The number of rotatable bonds is 8. The van der Waals surface area contributed by atoms with Gasteiger partial charge in [-0.05, 0) is 35.9 Å². The van der Waals surface area contributed by atoms with Gasteiger partial charge in [-0.25, -0.2) is 4.98 Å². The van der Waals surface area contributed by atoms with Crippen molar-refractivity contribution in [3.05, 3.63) is 71.5 Å². The number of benzene rings is 2. The summed E-state index contributed by atoms with van der Waals surface area (Å²) in [6.07, 6.45) is -2.79. The van der Waals surface area contributed by atoms with Crippen molar-refractivity contribution in [1.29, 1.82) is 0 Å². The summed E-state index contributed by atoms with van der Waals surface area (Å²) in [6.45, 7) is 0.216. The first-order valence-electron chi connectivity index (χ1n) is 9.18. The number of nitrogens with one attached hydrogen (secondary N) is 1. The fourth-order valence-corrected chi connectivity index (χ4v) is 3.58. The maximum atomic E-state index is 12.8. The number of carbonyl (C=O) groups is 1. The predicted octanol–water partition coefficient (Wildman–Crippen LogP) is 4.18. The quantitative estimate of drug-likeness (QED) is 0.503. The molecule has 0 bridgehead atoms. The van der Waals surface area contributed by atoms with Crippen LogP contribution in [0.5, 0.6) is 5.75 Å². The van der Waals surface area contributed by atoms with Crippen LogP contribution in [0.15, 0.2) is 59.9 Å². The number of alkyl halides is 3. The van der Waals surface area contributed by atoms with E-state index in [1.165, 1.54) is 12.1 Å². The van der Waals surface area contributed by atoms with Crippen molar-refractivity contribution in [2.24, 2.45) is 0 Å². The maximum Gasteiger partial charge on any atom is 0.416 e. The second kappa shape index (κ2) is 9.88. The molecule has 10 heteroatoms. The second-order valence-electron chi connectivity index (χ2n) is 6.56.